The highest BCUT2D eigenvalue weighted by Crippen LogP contribution is 2.32. The van der Waals surface area contributed by atoms with Gasteiger partial charge in [0.25, 0.3) is 5.91 Å². The molecule has 28 heavy (non-hydrogen) atoms. The van der Waals surface area contributed by atoms with Crippen LogP contribution in [0.4, 0.5) is 16.2 Å². The molecular formula is C20H22N4O3S. The molecule has 0 aliphatic carbocycles. The van der Waals surface area contributed by atoms with Gasteiger partial charge in [0, 0.05) is 42.9 Å². The highest BCUT2D eigenvalue weighted by molar-refractivity contribution is 7.99. The van der Waals surface area contributed by atoms with E-state index in [1.807, 2.05) is 12.1 Å². The van der Waals surface area contributed by atoms with E-state index in [1.54, 1.807) is 47.1 Å². The second kappa shape index (κ2) is 8.62. The Morgan fingerprint density at radius 2 is 2.21 bits per heavy atom. The lowest BCUT2D eigenvalue weighted by Crippen LogP contribution is -2.39. The van der Waals surface area contributed by atoms with Gasteiger partial charge < -0.3 is 15.4 Å². The number of hydrogen-bond donors (Lipinski definition) is 2. The highest BCUT2D eigenvalue weighted by atomic mass is 32.2. The van der Waals surface area contributed by atoms with E-state index in [2.05, 4.69) is 15.6 Å². The Morgan fingerprint density at radius 3 is 3.07 bits per heavy atom. The van der Waals surface area contributed by atoms with E-state index >= 15 is 0 Å². The number of hydrogen-bond acceptors (Lipinski definition) is 5. The first-order chi connectivity index (χ1) is 13.7. The number of rotatable bonds is 4. The van der Waals surface area contributed by atoms with Crippen LogP contribution in [0.3, 0.4) is 0 Å². The number of amides is 3. The molecule has 1 atom stereocenters. The number of fused-ring (bicyclic) bond motifs is 1. The third-order valence-corrected chi connectivity index (χ3v) is 5.71. The molecule has 0 spiro atoms. The maximum absolute atomic E-state index is 12.8. The van der Waals surface area contributed by atoms with Crippen LogP contribution in [0, 0.1) is 0 Å². The van der Waals surface area contributed by atoms with Gasteiger partial charge in [-0.2, -0.15) is 0 Å². The van der Waals surface area contributed by atoms with Gasteiger partial charge in [0.1, 0.15) is 5.03 Å². The van der Waals surface area contributed by atoms with Crippen molar-refractivity contribution in [2.24, 2.45) is 0 Å². The summed E-state index contributed by atoms with van der Waals surface area (Å²) in [7, 11) is 0. The Kier molecular flexibility index (Phi) is 5.78. The normalized spacial score (nSPS) is 18.4. The fraction of sp³-hybridized carbons (Fsp3) is 0.350. The van der Waals surface area contributed by atoms with Crippen LogP contribution in [-0.2, 0) is 4.74 Å². The van der Waals surface area contributed by atoms with Crippen molar-refractivity contribution in [2.45, 2.75) is 24.0 Å². The van der Waals surface area contributed by atoms with Gasteiger partial charge in [0.2, 0.25) is 0 Å². The van der Waals surface area contributed by atoms with E-state index in [4.69, 9.17) is 4.74 Å². The lowest BCUT2D eigenvalue weighted by molar-refractivity contribution is 0.0858. The zero-order chi connectivity index (χ0) is 19.3. The van der Waals surface area contributed by atoms with Gasteiger partial charge in [-0.05, 0) is 43.2 Å². The standard InChI is InChI=1S/C20H22N4O3S/c25-18(22-13-16-6-3-10-27-16)14-4-1-5-15(12-14)23-20(26)24-9-11-28-19-17(24)7-2-8-21-19/h1-2,4-5,7-8,12,16H,3,6,9-11,13H2,(H,22,25)(H,23,26)/t16-/m0/s1. The van der Waals surface area contributed by atoms with Crippen molar-refractivity contribution in [1.29, 1.82) is 0 Å². The number of nitrogens with one attached hydrogen (secondary N) is 2. The summed E-state index contributed by atoms with van der Waals surface area (Å²) in [6.45, 7) is 1.87. The molecule has 0 saturated carbocycles. The van der Waals surface area contributed by atoms with E-state index in [0.29, 0.717) is 24.3 Å². The third kappa shape index (κ3) is 4.28. The first-order valence-electron chi connectivity index (χ1n) is 9.37. The second-order valence-electron chi connectivity index (χ2n) is 6.68. The molecule has 2 aliphatic heterocycles. The Balaban J connectivity index is 1.40. The Labute approximate surface area is 167 Å². The van der Waals surface area contributed by atoms with Crippen LogP contribution in [0.5, 0.6) is 0 Å². The van der Waals surface area contributed by atoms with Crippen molar-refractivity contribution in [3.05, 3.63) is 48.2 Å². The summed E-state index contributed by atoms with van der Waals surface area (Å²) in [6.07, 6.45) is 3.83. The van der Waals surface area contributed by atoms with Gasteiger partial charge in [-0.1, -0.05) is 6.07 Å². The van der Waals surface area contributed by atoms with E-state index in [1.165, 1.54) is 0 Å². The highest BCUT2D eigenvalue weighted by Gasteiger charge is 2.24. The maximum atomic E-state index is 12.8. The van der Waals surface area contributed by atoms with Gasteiger partial charge >= 0.3 is 6.03 Å². The van der Waals surface area contributed by atoms with Crippen LogP contribution < -0.4 is 15.5 Å². The molecule has 0 bridgehead atoms. The Bertz CT molecular complexity index is 870. The summed E-state index contributed by atoms with van der Waals surface area (Å²) < 4.78 is 5.53. The molecule has 4 rings (SSSR count). The summed E-state index contributed by atoms with van der Waals surface area (Å²) in [4.78, 5) is 31.2. The van der Waals surface area contributed by atoms with Crippen LogP contribution in [0.15, 0.2) is 47.6 Å². The van der Waals surface area contributed by atoms with Crippen molar-refractivity contribution >= 4 is 35.1 Å². The molecule has 2 aliphatic rings. The SMILES string of the molecule is O=C(NC[C@@H]1CCCO1)c1cccc(NC(=O)N2CCSc3ncccc32)c1. The predicted octanol–water partition coefficient (Wildman–Crippen LogP) is 3.13. The van der Waals surface area contributed by atoms with Gasteiger partial charge in [0.05, 0.1) is 11.8 Å². The van der Waals surface area contributed by atoms with Crippen molar-refractivity contribution in [2.75, 3.05) is 35.7 Å². The summed E-state index contributed by atoms with van der Waals surface area (Å²) in [5.41, 5.74) is 1.90. The minimum absolute atomic E-state index is 0.0949. The fourth-order valence-corrected chi connectivity index (χ4v) is 4.24. The van der Waals surface area contributed by atoms with E-state index < -0.39 is 0 Å². The van der Waals surface area contributed by atoms with Gasteiger partial charge in [-0.25, -0.2) is 9.78 Å². The molecule has 8 heteroatoms. The number of pyridine rings is 1. The monoisotopic (exact) mass is 398 g/mol. The third-order valence-electron chi connectivity index (χ3n) is 4.73. The number of benzene rings is 1. The Morgan fingerprint density at radius 1 is 1.29 bits per heavy atom. The molecule has 0 radical (unpaired) electrons. The molecular weight excluding hydrogens is 376 g/mol. The topological polar surface area (TPSA) is 83.6 Å². The summed E-state index contributed by atoms with van der Waals surface area (Å²) in [5, 5.41) is 6.64. The van der Waals surface area contributed by atoms with Crippen molar-refractivity contribution in [1.82, 2.24) is 10.3 Å². The zero-order valence-electron chi connectivity index (χ0n) is 15.4. The number of thioether (sulfide) groups is 1. The largest absolute Gasteiger partial charge is 0.376 e. The average Bonchev–Trinajstić information content (AvgIpc) is 3.25. The second-order valence-corrected chi connectivity index (χ2v) is 7.77. The first kappa shape index (κ1) is 18.8. The number of anilines is 2. The number of ether oxygens (including phenoxy) is 1. The van der Waals surface area contributed by atoms with Crippen LogP contribution in [0.2, 0.25) is 0 Å². The molecule has 7 nitrogen and oxygen atoms in total. The predicted molar refractivity (Wildman–Crippen MR) is 109 cm³/mol. The molecule has 146 valence electrons. The smallest absolute Gasteiger partial charge is 0.326 e. The van der Waals surface area contributed by atoms with Crippen molar-refractivity contribution in [3.63, 3.8) is 0 Å². The summed E-state index contributed by atoms with van der Waals surface area (Å²) in [6, 6.07) is 10.4. The molecule has 2 aromatic rings. The van der Waals surface area contributed by atoms with E-state index in [9.17, 15) is 9.59 Å². The van der Waals surface area contributed by atoms with Crippen LogP contribution in [-0.4, -0.2) is 48.5 Å². The minimum atomic E-state index is -0.230. The molecule has 3 amide bonds. The van der Waals surface area contributed by atoms with Crippen LogP contribution in [0.25, 0.3) is 0 Å². The number of nitrogens with zero attached hydrogens (tertiary/aromatic N) is 2. The van der Waals surface area contributed by atoms with E-state index in [-0.39, 0.29) is 18.0 Å². The molecule has 1 aromatic carbocycles. The van der Waals surface area contributed by atoms with Gasteiger partial charge in [-0.3, -0.25) is 9.69 Å². The molecule has 1 fully saturated rings. The minimum Gasteiger partial charge on any atom is -0.376 e. The zero-order valence-corrected chi connectivity index (χ0v) is 16.2. The molecule has 1 saturated heterocycles. The van der Waals surface area contributed by atoms with Crippen molar-refractivity contribution < 1.29 is 14.3 Å². The van der Waals surface area contributed by atoms with Crippen LogP contribution >= 0.6 is 11.8 Å². The molecule has 2 N–H and O–H groups in total. The van der Waals surface area contributed by atoms with E-state index in [0.717, 1.165) is 35.9 Å². The number of carbonyl (C=O) groups is 2. The molecule has 3 heterocycles. The summed E-state index contributed by atoms with van der Waals surface area (Å²) >= 11 is 1.64. The number of carbonyl (C=O) groups excluding carboxylic acids is 2. The number of urea groups is 1. The van der Waals surface area contributed by atoms with Crippen LogP contribution in [0.1, 0.15) is 23.2 Å². The lowest BCUT2D eigenvalue weighted by atomic mass is 10.1. The van der Waals surface area contributed by atoms with Gasteiger partial charge in [0.15, 0.2) is 0 Å². The fourth-order valence-electron chi connectivity index (χ4n) is 3.31. The number of aromatic nitrogens is 1. The average molecular weight is 398 g/mol. The Hall–Kier alpha value is -2.58. The molecule has 1 aromatic heterocycles. The summed E-state index contributed by atoms with van der Waals surface area (Å²) in [5.74, 6) is 0.624. The first-order valence-corrected chi connectivity index (χ1v) is 10.4. The maximum Gasteiger partial charge on any atom is 0.326 e. The lowest BCUT2D eigenvalue weighted by Gasteiger charge is -2.28. The molecule has 0 unspecified atom stereocenters. The van der Waals surface area contributed by atoms with Crippen molar-refractivity contribution in [3.8, 4) is 0 Å². The quantitative estimate of drug-likeness (QED) is 0.827. The van der Waals surface area contributed by atoms with Gasteiger partial charge in [-0.15, -0.1) is 11.8 Å².